The quantitative estimate of drug-likeness (QED) is 0.586. The highest BCUT2D eigenvalue weighted by atomic mass is 32.1. The number of carbonyl (C=O) groups excluding carboxylic acids is 2. The van der Waals surface area contributed by atoms with Crippen LogP contribution in [0.4, 0.5) is 14.5 Å². The Kier molecular flexibility index (Phi) is 6.08. The summed E-state index contributed by atoms with van der Waals surface area (Å²) >= 11 is 1.55. The van der Waals surface area contributed by atoms with Gasteiger partial charge in [0.2, 0.25) is 0 Å². The van der Waals surface area contributed by atoms with E-state index in [-0.39, 0.29) is 24.2 Å². The summed E-state index contributed by atoms with van der Waals surface area (Å²) < 4.78 is 32.9. The zero-order valence-electron chi connectivity index (χ0n) is 16.5. The minimum absolute atomic E-state index is 0.0609. The molecule has 162 valence electrons. The highest BCUT2D eigenvalue weighted by molar-refractivity contribution is 7.18. The number of aryl methyl sites for hydroxylation is 3. The summed E-state index contributed by atoms with van der Waals surface area (Å²) in [7, 11) is 0. The predicted octanol–water partition coefficient (Wildman–Crippen LogP) is 3.19. The maximum absolute atomic E-state index is 13.5. The number of hydrogen-bond donors (Lipinski definition) is 1. The maximum atomic E-state index is 13.5. The van der Waals surface area contributed by atoms with E-state index >= 15 is 0 Å². The second-order valence-electron chi connectivity index (χ2n) is 7.22. The fourth-order valence-electron chi connectivity index (χ4n) is 3.55. The van der Waals surface area contributed by atoms with Crippen LogP contribution in [0.2, 0.25) is 0 Å². The van der Waals surface area contributed by atoms with Crippen LogP contribution in [0.5, 0.6) is 0 Å². The van der Waals surface area contributed by atoms with Crippen LogP contribution in [0.1, 0.15) is 29.7 Å². The van der Waals surface area contributed by atoms with Gasteiger partial charge < -0.3 is 10.1 Å². The van der Waals surface area contributed by atoms with Crippen molar-refractivity contribution in [2.75, 3.05) is 11.9 Å². The molecule has 0 radical (unpaired) electrons. The number of carbonyl (C=O) groups is 2. The molecule has 2 aromatic heterocycles. The molecule has 0 saturated carbocycles. The molecule has 0 aliphatic heterocycles. The van der Waals surface area contributed by atoms with Crippen molar-refractivity contribution < 1.29 is 23.1 Å². The maximum Gasteiger partial charge on any atom is 0.308 e. The number of aromatic nitrogens is 2. The van der Waals surface area contributed by atoms with Crippen molar-refractivity contribution >= 4 is 39.1 Å². The van der Waals surface area contributed by atoms with Crippen LogP contribution in [-0.2, 0) is 33.7 Å². The Morgan fingerprint density at radius 2 is 2.03 bits per heavy atom. The Morgan fingerprint density at radius 3 is 2.87 bits per heavy atom. The molecule has 10 heteroatoms. The number of ether oxygens (including phenoxy) is 1. The number of amides is 1. The number of anilines is 1. The number of thiophene rings is 1. The molecule has 1 amide bonds. The Hall–Kier alpha value is -3.14. The van der Waals surface area contributed by atoms with Gasteiger partial charge in [0.25, 0.3) is 11.5 Å². The molecular formula is C21H19F2N3O4S. The fraction of sp³-hybridized carbons (Fsp3) is 0.333. The summed E-state index contributed by atoms with van der Waals surface area (Å²) in [5, 5.41) is 2.77. The van der Waals surface area contributed by atoms with E-state index in [2.05, 4.69) is 10.3 Å². The number of hydrogen-bond acceptors (Lipinski definition) is 6. The zero-order chi connectivity index (χ0) is 22.0. The van der Waals surface area contributed by atoms with Gasteiger partial charge in [0.05, 0.1) is 23.8 Å². The molecule has 1 aromatic carbocycles. The molecule has 0 spiro atoms. The molecule has 0 bridgehead atoms. The minimum Gasteiger partial charge on any atom is -0.456 e. The second kappa shape index (κ2) is 8.93. The third kappa shape index (κ3) is 4.63. The van der Waals surface area contributed by atoms with Gasteiger partial charge in [0.15, 0.2) is 6.61 Å². The summed E-state index contributed by atoms with van der Waals surface area (Å²) in [5.41, 5.74) is 0.546. The van der Waals surface area contributed by atoms with Crippen molar-refractivity contribution in [3.8, 4) is 0 Å². The van der Waals surface area contributed by atoms with E-state index in [1.165, 1.54) is 15.8 Å². The van der Waals surface area contributed by atoms with Gasteiger partial charge in [-0.3, -0.25) is 19.0 Å². The third-order valence-corrected chi connectivity index (χ3v) is 6.27. The van der Waals surface area contributed by atoms with Gasteiger partial charge in [-0.2, -0.15) is 0 Å². The van der Waals surface area contributed by atoms with E-state index in [0.717, 1.165) is 54.3 Å². The number of fused-ring (bicyclic) bond motifs is 3. The number of nitrogens with zero attached hydrogens (tertiary/aromatic N) is 2. The van der Waals surface area contributed by atoms with E-state index in [0.29, 0.717) is 5.39 Å². The van der Waals surface area contributed by atoms with Crippen molar-refractivity contribution in [2.45, 2.75) is 38.6 Å². The first kappa shape index (κ1) is 21.1. The third-order valence-electron chi connectivity index (χ3n) is 5.07. The van der Waals surface area contributed by atoms with Crippen LogP contribution in [0, 0.1) is 11.6 Å². The van der Waals surface area contributed by atoms with E-state index in [1.807, 2.05) is 0 Å². The normalized spacial score (nSPS) is 13.1. The van der Waals surface area contributed by atoms with Crippen LogP contribution >= 0.6 is 11.3 Å². The molecule has 1 aliphatic carbocycles. The lowest BCUT2D eigenvalue weighted by molar-refractivity contribution is -0.147. The zero-order valence-corrected chi connectivity index (χ0v) is 17.3. The molecule has 31 heavy (non-hydrogen) atoms. The van der Waals surface area contributed by atoms with E-state index in [1.54, 1.807) is 11.3 Å². The monoisotopic (exact) mass is 447 g/mol. The van der Waals surface area contributed by atoms with Gasteiger partial charge in [0.1, 0.15) is 16.5 Å². The van der Waals surface area contributed by atoms with Crippen molar-refractivity contribution in [1.29, 1.82) is 0 Å². The number of rotatable bonds is 6. The average Bonchev–Trinajstić information content (AvgIpc) is 3.14. The molecule has 7 nitrogen and oxygen atoms in total. The lowest BCUT2D eigenvalue weighted by Gasteiger charge is -2.10. The molecule has 2 heterocycles. The molecular weight excluding hydrogens is 428 g/mol. The Labute approximate surface area is 179 Å². The van der Waals surface area contributed by atoms with Crippen molar-refractivity contribution in [3.63, 3.8) is 0 Å². The highest BCUT2D eigenvalue weighted by Gasteiger charge is 2.20. The molecule has 1 aliphatic rings. The van der Waals surface area contributed by atoms with Gasteiger partial charge in [-0.15, -0.1) is 11.3 Å². The van der Waals surface area contributed by atoms with Crippen LogP contribution in [-0.4, -0.2) is 28.0 Å². The first-order valence-electron chi connectivity index (χ1n) is 9.82. The Bertz CT molecular complexity index is 1220. The van der Waals surface area contributed by atoms with Gasteiger partial charge >= 0.3 is 5.97 Å². The highest BCUT2D eigenvalue weighted by Crippen LogP contribution is 2.33. The van der Waals surface area contributed by atoms with Crippen molar-refractivity contribution in [2.24, 2.45) is 0 Å². The van der Waals surface area contributed by atoms with Crippen LogP contribution in [0.3, 0.4) is 0 Å². The van der Waals surface area contributed by atoms with Crippen molar-refractivity contribution in [1.82, 2.24) is 9.55 Å². The Balaban J connectivity index is 1.34. The van der Waals surface area contributed by atoms with Gasteiger partial charge in [-0.05, 0) is 43.4 Å². The first-order chi connectivity index (χ1) is 14.9. The lowest BCUT2D eigenvalue weighted by atomic mass is 9.97. The molecule has 3 aromatic rings. The number of benzene rings is 1. The minimum atomic E-state index is -0.807. The predicted molar refractivity (Wildman–Crippen MR) is 111 cm³/mol. The summed E-state index contributed by atoms with van der Waals surface area (Å²) in [6.45, 7) is -0.593. The van der Waals surface area contributed by atoms with E-state index in [9.17, 15) is 23.2 Å². The fourth-order valence-corrected chi connectivity index (χ4v) is 4.77. The molecule has 0 saturated heterocycles. The average molecular weight is 447 g/mol. The number of nitrogens with one attached hydrogen (secondary N) is 1. The van der Waals surface area contributed by atoms with Crippen LogP contribution < -0.4 is 10.9 Å². The molecule has 0 atom stereocenters. The van der Waals surface area contributed by atoms with Gasteiger partial charge in [-0.1, -0.05) is 0 Å². The van der Waals surface area contributed by atoms with E-state index in [4.69, 9.17) is 4.74 Å². The van der Waals surface area contributed by atoms with Gasteiger partial charge in [0, 0.05) is 17.5 Å². The number of esters is 1. The molecule has 0 fully saturated rings. The standard InChI is InChI=1S/C21H19F2N3O4S/c22-12-5-6-14(23)15(9-12)25-17(27)10-30-18(28)7-8-26-11-24-20-19(21(26)29)13-3-1-2-4-16(13)31-20/h5-6,9,11H,1-4,7-8,10H2,(H,25,27). The lowest BCUT2D eigenvalue weighted by Crippen LogP contribution is -2.25. The summed E-state index contributed by atoms with van der Waals surface area (Å²) in [4.78, 5) is 42.9. The smallest absolute Gasteiger partial charge is 0.308 e. The summed E-state index contributed by atoms with van der Waals surface area (Å²) in [6, 6.07) is 2.63. The van der Waals surface area contributed by atoms with Crippen LogP contribution in [0.25, 0.3) is 10.2 Å². The second-order valence-corrected chi connectivity index (χ2v) is 8.30. The topological polar surface area (TPSA) is 90.3 Å². The van der Waals surface area contributed by atoms with Gasteiger partial charge in [-0.25, -0.2) is 13.8 Å². The SMILES string of the molecule is O=C(COC(=O)CCn1cnc2sc3c(c2c1=O)CCCC3)Nc1cc(F)ccc1F. The number of halogens is 2. The summed E-state index contributed by atoms with van der Waals surface area (Å²) in [5.74, 6) is -3.02. The largest absolute Gasteiger partial charge is 0.456 e. The summed E-state index contributed by atoms with van der Waals surface area (Å²) in [6.07, 6.45) is 5.25. The molecule has 4 rings (SSSR count). The van der Waals surface area contributed by atoms with Crippen LogP contribution in [0.15, 0.2) is 29.3 Å². The van der Waals surface area contributed by atoms with E-state index < -0.39 is 30.1 Å². The molecule has 1 N–H and O–H groups in total. The molecule has 0 unspecified atom stereocenters. The Morgan fingerprint density at radius 1 is 1.23 bits per heavy atom. The van der Waals surface area contributed by atoms with Crippen molar-refractivity contribution in [3.05, 3.63) is 57.0 Å². The first-order valence-corrected chi connectivity index (χ1v) is 10.6.